The minimum Gasteiger partial charge on any atom is -0.392 e. The Morgan fingerprint density at radius 2 is 2.62 bits per heavy atom. The fourth-order valence-electron chi connectivity index (χ4n) is 1.67. The van der Waals surface area contributed by atoms with Crippen molar-refractivity contribution in [1.29, 1.82) is 0 Å². The van der Waals surface area contributed by atoms with Crippen LogP contribution in [-0.4, -0.2) is 44.5 Å². The van der Waals surface area contributed by atoms with E-state index < -0.39 is 6.10 Å². The Kier molecular flexibility index (Phi) is 3.16. The lowest BCUT2D eigenvalue weighted by molar-refractivity contribution is -0.123. The molecule has 2 atom stereocenters. The molecule has 1 amide bonds. The van der Waals surface area contributed by atoms with Crippen LogP contribution in [0.3, 0.4) is 0 Å². The molecule has 1 fully saturated rings. The Labute approximate surface area is 92.9 Å². The molecule has 2 rings (SSSR count). The third-order valence-corrected chi connectivity index (χ3v) is 2.65. The van der Waals surface area contributed by atoms with Gasteiger partial charge in [-0.05, 0) is 6.42 Å². The number of aryl methyl sites for hydroxylation is 1. The Hall–Kier alpha value is -1.47. The maximum atomic E-state index is 11.7. The van der Waals surface area contributed by atoms with Crippen LogP contribution in [0.4, 0.5) is 0 Å². The highest BCUT2D eigenvalue weighted by Gasteiger charge is 2.27. The lowest BCUT2D eigenvalue weighted by Gasteiger charge is -2.10. The normalized spacial score (nSPS) is 24.6. The third-order valence-electron chi connectivity index (χ3n) is 2.65. The van der Waals surface area contributed by atoms with Crippen molar-refractivity contribution in [2.45, 2.75) is 25.1 Å². The molecule has 0 radical (unpaired) electrons. The molecule has 7 nitrogen and oxygen atoms in total. The standard InChI is InChI=1S/C9H15N5O2/c1-14-5-12-13-8(14)4-11-9(16)7-2-6(15)3-10-7/h5-7,10,15H,2-4H2,1H3,(H,11,16). The molecule has 0 aromatic carbocycles. The second-order valence-corrected chi connectivity index (χ2v) is 3.93. The van der Waals surface area contributed by atoms with Gasteiger partial charge in [-0.1, -0.05) is 0 Å². The van der Waals surface area contributed by atoms with Crippen molar-refractivity contribution in [1.82, 2.24) is 25.4 Å². The summed E-state index contributed by atoms with van der Waals surface area (Å²) >= 11 is 0. The molecular weight excluding hydrogens is 210 g/mol. The quantitative estimate of drug-likeness (QED) is 0.562. The fourth-order valence-corrected chi connectivity index (χ4v) is 1.67. The Morgan fingerprint density at radius 1 is 1.81 bits per heavy atom. The van der Waals surface area contributed by atoms with Crippen LogP contribution < -0.4 is 10.6 Å². The van der Waals surface area contributed by atoms with E-state index in [-0.39, 0.29) is 11.9 Å². The number of carbonyl (C=O) groups excluding carboxylic acids is 1. The molecule has 0 bridgehead atoms. The Bertz CT molecular complexity index is 378. The first-order valence-electron chi connectivity index (χ1n) is 5.19. The van der Waals surface area contributed by atoms with Crippen LogP contribution in [0.15, 0.2) is 6.33 Å². The summed E-state index contributed by atoms with van der Waals surface area (Å²) in [7, 11) is 1.82. The second-order valence-electron chi connectivity index (χ2n) is 3.93. The van der Waals surface area contributed by atoms with Gasteiger partial charge in [-0.3, -0.25) is 4.79 Å². The molecule has 0 saturated carbocycles. The minimum absolute atomic E-state index is 0.112. The molecule has 1 aliphatic rings. The van der Waals surface area contributed by atoms with Gasteiger partial charge in [-0.15, -0.1) is 10.2 Å². The summed E-state index contributed by atoms with van der Waals surface area (Å²) in [4.78, 5) is 11.7. The van der Waals surface area contributed by atoms with Crippen LogP contribution in [0.25, 0.3) is 0 Å². The van der Waals surface area contributed by atoms with Crippen LogP contribution in [0.2, 0.25) is 0 Å². The number of nitrogens with one attached hydrogen (secondary N) is 2. The molecule has 7 heteroatoms. The zero-order chi connectivity index (χ0) is 11.5. The predicted octanol–water partition coefficient (Wildman–Crippen LogP) is -1.85. The number of nitrogens with zero attached hydrogens (tertiary/aromatic N) is 3. The molecule has 2 heterocycles. The van der Waals surface area contributed by atoms with E-state index in [0.717, 1.165) is 0 Å². The van der Waals surface area contributed by atoms with Gasteiger partial charge < -0.3 is 20.3 Å². The van der Waals surface area contributed by atoms with Gasteiger partial charge in [0.05, 0.1) is 18.7 Å². The van der Waals surface area contributed by atoms with Gasteiger partial charge in [0.1, 0.15) is 6.33 Å². The summed E-state index contributed by atoms with van der Waals surface area (Å²) in [5, 5.41) is 22.5. The van der Waals surface area contributed by atoms with E-state index in [2.05, 4.69) is 20.8 Å². The molecule has 3 N–H and O–H groups in total. The summed E-state index contributed by atoms with van der Waals surface area (Å²) in [6.45, 7) is 0.825. The number of carbonyl (C=O) groups is 1. The molecular formula is C9H15N5O2. The molecule has 0 spiro atoms. The maximum Gasteiger partial charge on any atom is 0.237 e. The summed E-state index contributed by atoms with van der Waals surface area (Å²) in [6, 6.07) is -0.303. The number of rotatable bonds is 3. The van der Waals surface area contributed by atoms with Crippen LogP contribution in [0, 0.1) is 0 Å². The van der Waals surface area contributed by atoms with E-state index in [9.17, 15) is 9.90 Å². The number of amides is 1. The highest BCUT2D eigenvalue weighted by molar-refractivity contribution is 5.82. The summed E-state index contributed by atoms with van der Waals surface area (Å²) in [5.41, 5.74) is 0. The molecule has 1 aromatic rings. The first-order chi connectivity index (χ1) is 7.66. The average molecular weight is 225 g/mol. The number of β-amino-alcohol motifs (C(OH)–C–C–N with tert-alkyl or cyclic N) is 1. The average Bonchev–Trinajstić information content (AvgIpc) is 2.84. The fraction of sp³-hybridized carbons (Fsp3) is 0.667. The van der Waals surface area contributed by atoms with Crippen LogP contribution in [0.1, 0.15) is 12.2 Å². The number of aromatic nitrogens is 3. The number of aliphatic hydroxyl groups excluding tert-OH is 1. The molecule has 1 saturated heterocycles. The molecule has 2 unspecified atom stereocenters. The highest BCUT2D eigenvalue weighted by atomic mass is 16.3. The van der Waals surface area contributed by atoms with Gasteiger partial charge in [0, 0.05) is 13.6 Å². The number of aliphatic hydroxyl groups is 1. The van der Waals surface area contributed by atoms with Crippen molar-refractivity contribution in [3.8, 4) is 0 Å². The molecule has 1 aliphatic heterocycles. The number of hydrogen-bond acceptors (Lipinski definition) is 5. The van der Waals surface area contributed by atoms with Crippen LogP contribution >= 0.6 is 0 Å². The van der Waals surface area contributed by atoms with Gasteiger partial charge >= 0.3 is 0 Å². The maximum absolute atomic E-state index is 11.7. The van der Waals surface area contributed by atoms with Gasteiger partial charge in [0.15, 0.2) is 5.82 Å². The minimum atomic E-state index is -0.425. The molecule has 1 aromatic heterocycles. The summed E-state index contributed by atoms with van der Waals surface area (Å²) in [6.07, 6.45) is 1.62. The molecule has 88 valence electrons. The van der Waals surface area contributed by atoms with Crippen molar-refractivity contribution >= 4 is 5.91 Å². The smallest absolute Gasteiger partial charge is 0.237 e. The largest absolute Gasteiger partial charge is 0.392 e. The zero-order valence-electron chi connectivity index (χ0n) is 9.05. The van der Waals surface area contributed by atoms with Gasteiger partial charge in [0.2, 0.25) is 5.91 Å². The highest BCUT2D eigenvalue weighted by Crippen LogP contribution is 2.06. The van der Waals surface area contributed by atoms with Crippen molar-refractivity contribution in [2.24, 2.45) is 7.05 Å². The first kappa shape index (κ1) is 11.0. The lowest BCUT2D eigenvalue weighted by Crippen LogP contribution is -2.40. The second kappa shape index (κ2) is 4.58. The summed E-state index contributed by atoms with van der Waals surface area (Å²) in [5.74, 6) is 0.589. The van der Waals surface area contributed by atoms with E-state index in [1.54, 1.807) is 10.9 Å². The van der Waals surface area contributed by atoms with Gasteiger partial charge in [-0.2, -0.15) is 0 Å². The monoisotopic (exact) mass is 225 g/mol. The molecule has 0 aliphatic carbocycles. The van der Waals surface area contributed by atoms with E-state index in [1.165, 1.54) is 0 Å². The Morgan fingerprint density at radius 3 is 3.19 bits per heavy atom. The summed E-state index contributed by atoms with van der Waals surface area (Å²) < 4.78 is 1.75. The van der Waals surface area contributed by atoms with E-state index in [0.29, 0.717) is 25.3 Å². The topological polar surface area (TPSA) is 92.1 Å². The van der Waals surface area contributed by atoms with Crippen molar-refractivity contribution in [2.75, 3.05) is 6.54 Å². The predicted molar refractivity (Wildman–Crippen MR) is 55.3 cm³/mol. The van der Waals surface area contributed by atoms with Gasteiger partial charge in [0.25, 0.3) is 0 Å². The van der Waals surface area contributed by atoms with Crippen molar-refractivity contribution < 1.29 is 9.90 Å². The van der Waals surface area contributed by atoms with Crippen LogP contribution in [-0.2, 0) is 18.4 Å². The zero-order valence-corrected chi connectivity index (χ0v) is 9.05. The van der Waals surface area contributed by atoms with Crippen LogP contribution in [0.5, 0.6) is 0 Å². The van der Waals surface area contributed by atoms with E-state index in [4.69, 9.17) is 0 Å². The molecule has 16 heavy (non-hydrogen) atoms. The van der Waals surface area contributed by atoms with Crippen molar-refractivity contribution in [3.63, 3.8) is 0 Å². The van der Waals surface area contributed by atoms with Crippen molar-refractivity contribution in [3.05, 3.63) is 12.2 Å². The van der Waals surface area contributed by atoms with Gasteiger partial charge in [-0.25, -0.2) is 0 Å². The Balaban J connectivity index is 1.82. The lowest BCUT2D eigenvalue weighted by atomic mass is 10.2. The first-order valence-corrected chi connectivity index (χ1v) is 5.19. The number of hydrogen-bond donors (Lipinski definition) is 3. The SMILES string of the molecule is Cn1cnnc1CNC(=O)C1CC(O)CN1. The van der Waals surface area contributed by atoms with E-state index >= 15 is 0 Å². The van der Waals surface area contributed by atoms with E-state index in [1.807, 2.05) is 7.05 Å². The third kappa shape index (κ3) is 2.37.